The second kappa shape index (κ2) is 5.98. The Kier molecular flexibility index (Phi) is 4.33. The van der Waals surface area contributed by atoms with Crippen molar-refractivity contribution >= 4 is 15.9 Å². The van der Waals surface area contributed by atoms with Gasteiger partial charge in [0.05, 0.1) is 5.69 Å². The first-order chi connectivity index (χ1) is 8.66. The van der Waals surface area contributed by atoms with Crippen LogP contribution in [0.2, 0.25) is 0 Å². The molecule has 0 amide bonds. The van der Waals surface area contributed by atoms with Gasteiger partial charge in [-0.25, -0.2) is 0 Å². The number of hydrogen-bond donors (Lipinski definition) is 1. The van der Waals surface area contributed by atoms with Gasteiger partial charge in [0.1, 0.15) is 12.4 Å². The van der Waals surface area contributed by atoms with Crippen LogP contribution in [0.1, 0.15) is 24.2 Å². The molecule has 0 spiro atoms. The van der Waals surface area contributed by atoms with Gasteiger partial charge in [-0.05, 0) is 41.1 Å². The minimum absolute atomic E-state index is 0.0425. The smallest absolute Gasteiger partial charge is 0.130 e. The highest BCUT2D eigenvalue weighted by Gasteiger charge is 2.07. The van der Waals surface area contributed by atoms with E-state index in [1.165, 1.54) is 0 Å². The zero-order chi connectivity index (χ0) is 13.0. The van der Waals surface area contributed by atoms with Crippen molar-refractivity contribution in [3.63, 3.8) is 0 Å². The summed E-state index contributed by atoms with van der Waals surface area (Å²) < 4.78 is 6.73. The number of ether oxygens (including phenoxy) is 1. The lowest BCUT2D eigenvalue weighted by Gasteiger charge is -2.13. The minimum Gasteiger partial charge on any atom is -0.487 e. The summed E-state index contributed by atoms with van der Waals surface area (Å²) in [5, 5.41) is 0. The molecule has 2 rings (SSSR count). The standard InChI is InChI=1S/C14H15BrN2O/c1-10(16)13-4-2-3-5-14(13)18-9-12-7-6-11(15)8-17-12/h2-8,10H,9,16H2,1H3. The molecule has 0 saturated heterocycles. The zero-order valence-corrected chi connectivity index (χ0v) is 11.7. The molecule has 1 aromatic heterocycles. The van der Waals surface area contributed by atoms with Crippen molar-refractivity contribution in [2.75, 3.05) is 0 Å². The Bertz CT molecular complexity index is 511. The molecule has 1 aromatic carbocycles. The fraction of sp³-hybridized carbons (Fsp3) is 0.214. The molecule has 1 atom stereocenters. The highest BCUT2D eigenvalue weighted by atomic mass is 79.9. The topological polar surface area (TPSA) is 48.1 Å². The number of hydrogen-bond acceptors (Lipinski definition) is 3. The normalized spacial score (nSPS) is 12.2. The Morgan fingerprint density at radius 2 is 2.06 bits per heavy atom. The van der Waals surface area contributed by atoms with E-state index in [1.807, 2.05) is 43.3 Å². The Balaban J connectivity index is 2.08. The van der Waals surface area contributed by atoms with Crippen molar-refractivity contribution in [1.29, 1.82) is 0 Å². The van der Waals surface area contributed by atoms with Gasteiger partial charge in [0, 0.05) is 22.3 Å². The van der Waals surface area contributed by atoms with Crippen LogP contribution in [0.15, 0.2) is 47.1 Å². The third-order valence-corrected chi connectivity index (χ3v) is 3.04. The van der Waals surface area contributed by atoms with Crippen LogP contribution < -0.4 is 10.5 Å². The van der Waals surface area contributed by atoms with Crippen LogP contribution in [-0.2, 0) is 6.61 Å². The molecule has 2 aromatic rings. The number of nitrogens with two attached hydrogens (primary N) is 1. The van der Waals surface area contributed by atoms with E-state index in [0.29, 0.717) is 6.61 Å². The van der Waals surface area contributed by atoms with Gasteiger partial charge in [0.2, 0.25) is 0 Å². The van der Waals surface area contributed by atoms with Crippen molar-refractivity contribution in [1.82, 2.24) is 4.98 Å². The molecule has 0 bridgehead atoms. The van der Waals surface area contributed by atoms with E-state index in [9.17, 15) is 0 Å². The molecular weight excluding hydrogens is 292 g/mol. The maximum atomic E-state index is 5.90. The average molecular weight is 307 g/mol. The first kappa shape index (κ1) is 13.1. The number of nitrogens with zero attached hydrogens (tertiary/aromatic N) is 1. The summed E-state index contributed by atoms with van der Waals surface area (Å²) in [6.07, 6.45) is 1.76. The molecule has 4 heteroatoms. The van der Waals surface area contributed by atoms with E-state index < -0.39 is 0 Å². The summed E-state index contributed by atoms with van der Waals surface area (Å²) in [4.78, 5) is 4.26. The number of halogens is 1. The Morgan fingerprint density at radius 1 is 1.28 bits per heavy atom. The molecule has 2 N–H and O–H groups in total. The Hall–Kier alpha value is -1.39. The lowest BCUT2D eigenvalue weighted by atomic mass is 10.1. The third kappa shape index (κ3) is 3.31. The molecule has 0 fully saturated rings. The predicted octanol–water partition coefficient (Wildman–Crippen LogP) is 3.44. The van der Waals surface area contributed by atoms with Crippen LogP contribution in [0.3, 0.4) is 0 Å². The fourth-order valence-corrected chi connectivity index (χ4v) is 1.87. The van der Waals surface area contributed by atoms with Gasteiger partial charge in [-0.15, -0.1) is 0 Å². The molecule has 1 unspecified atom stereocenters. The molecular formula is C14H15BrN2O. The number of para-hydroxylation sites is 1. The summed E-state index contributed by atoms with van der Waals surface area (Å²) in [6.45, 7) is 2.39. The van der Waals surface area contributed by atoms with Crippen LogP contribution >= 0.6 is 15.9 Å². The monoisotopic (exact) mass is 306 g/mol. The number of pyridine rings is 1. The molecule has 18 heavy (non-hydrogen) atoms. The maximum absolute atomic E-state index is 5.90. The van der Waals surface area contributed by atoms with Crippen molar-refractivity contribution in [3.8, 4) is 5.75 Å². The summed E-state index contributed by atoms with van der Waals surface area (Å²) in [7, 11) is 0. The van der Waals surface area contributed by atoms with E-state index >= 15 is 0 Å². The number of aromatic nitrogens is 1. The molecule has 0 aliphatic carbocycles. The van der Waals surface area contributed by atoms with E-state index in [2.05, 4.69) is 20.9 Å². The van der Waals surface area contributed by atoms with E-state index in [4.69, 9.17) is 10.5 Å². The molecule has 0 radical (unpaired) electrons. The largest absolute Gasteiger partial charge is 0.487 e. The summed E-state index contributed by atoms with van der Waals surface area (Å²) in [5.41, 5.74) is 7.80. The first-order valence-corrected chi connectivity index (χ1v) is 6.54. The molecule has 3 nitrogen and oxygen atoms in total. The van der Waals surface area contributed by atoms with Gasteiger partial charge in [-0.3, -0.25) is 4.98 Å². The molecule has 0 aliphatic rings. The van der Waals surface area contributed by atoms with Crippen LogP contribution in [0.5, 0.6) is 5.75 Å². The third-order valence-electron chi connectivity index (χ3n) is 2.57. The van der Waals surface area contributed by atoms with Crippen LogP contribution in [-0.4, -0.2) is 4.98 Å². The quantitative estimate of drug-likeness (QED) is 0.941. The lowest BCUT2D eigenvalue weighted by Crippen LogP contribution is -2.08. The molecule has 0 aliphatic heterocycles. The SMILES string of the molecule is CC(N)c1ccccc1OCc1ccc(Br)cn1. The zero-order valence-electron chi connectivity index (χ0n) is 10.1. The highest BCUT2D eigenvalue weighted by Crippen LogP contribution is 2.23. The van der Waals surface area contributed by atoms with Crippen LogP contribution in [0.4, 0.5) is 0 Å². The van der Waals surface area contributed by atoms with E-state index in [0.717, 1.165) is 21.5 Å². The highest BCUT2D eigenvalue weighted by molar-refractivity contribution is 9.10. The molecule has 0 saturated carbocycles. The second-order valence-corrected chi connectivity index (χ2v) is 5.00. The maximum Gasteiger partial charge on any atom is 0.130 e. The minimum atomic E-state index is -0.0425. The molecule has 94 valence electrons. The summed E-state index contributed by atoms with van der Waals surface area (Å²) in [5.74, 6) is 0.817. The van der Waals surface area contributed by atoms with Gasteiger partial charge in [0.25, 0.3) is 0 Å². The Morgan fingerprint density at radius 3 is 2.72 bits per heavy atom. The average Bonchev–Trinajstić information content (AvgIpc) is 2.38. The summed E-state index contributed by atoms with van der Waals surface area (Å²) >= 11 is 3.35. The van der Waals surface area contributed by atoms with E-state index in [1.54, 1.807) is 6.20 Å². The Labute approximate surface area is 115 Å². The van der Waals surface area contributed by atoms with Crippen molar-refractivity contribution < 1.29 is 4.74 Å². The first-order valence-electron chi connectivity index (χ1n) is 5.74. The second-order valence-electron chi connectivity index (χ2n) is 4.08. The van der Waals surface area contributed by atoms with Gasteiger partial charge in [0.15, 0.2) is 0 Å². The lowest BCUT2D eigenvalue weighted by molar-refractivity contribution is 0.296. The van der Waals surface area contributed by atoms with Crippen molar-refractivity contribution in [2.24, 2.45) is 5.73 Å². The predicted molar refractivity (Wildman–Crippen MR) is 75.3 cm³/mol. The van der Waals surface area contributed by atoms with Gasteiger partial charge < -0.3 is 10.5 Å². The van der Waals surface area contributed by atoms with Gasteiger partial charge in [-0.1, -0.05) is 18.2 Å². The van der Waals surface area contributed by atoms with Crippen LogP contribution in [0, 0.1) is 0 Å². The van der Waals surface area contributed by atoms with Gasteiger partial charge in [-0.2, -0.15) is 0 Å². The van der Waals surface area contributed by atoms with Crippen molar-refractivity contribution in [3.05, 3.63) is 58.3 Å². The fourth-order valence-electron chi connectivity index (χ4n) is 1.63. The molecule has 1 heterocycles. The van der Waals surface area contributed by atoms with Crippen molar-refractivity contribution in [2.45, 2.75) is 19.6 Å². The summed E-state index contributed by atoms with van der Waals surface area (Å²) in [6, 6.07) is 11.6. The number of rotatable bonds is 4. The number of benzene rings is 1. The van der Waals surface area contributed by atoms with Gasteiger partial charge >= 0.3 is 0 Å². The van der Waals surface area contributed by atoms with E-state index in [-0.39, 0.29) is 6.04 Å². The van der Waals surface area contributed by atoms with Crippen LogP contribution in [0.25, 0.3) is 0 Å².